The first-order chi connectivity index (χ1) is 8.99. The number of ether oxygens (including phenoxy) is 1. The molecule has 98 valence electrons. The Morgan fingerprint density at radius 2 is 2.05 bits per heavy atom. The van der Waals surface area contributed by atoms with Crippen LogP contribution in [-0.4, -0.2) is 16.1 Å². The Balaban J connectivity index is 2.38. The number of aromatic nitrogens is 1. The second-order valence-corrected chi connectivity index (χ2v) is 5.61. The summed E-state index contributed by atoms with van der Waals surface area (Å²) in [6.45, 7) is 0. The molecular weight excluding hydrogens is 401 g/mol. The molecule has 0 aliphatic carbocycles. The van der Waals surface area contributed by atoms with Gasteiger partial charge in [-0.25, -0.2) is 9.78 Å². The van der Waals surface area contributed by atoms with Gasteiger partial charge in [0.15, 0.2) is 0 Å². The van der Waals surface area contributed by atoms with Gasteiger partial charge in [-0.15, -0.1) is 0 Å². The van der Waals surface area contributed by atoms with Crippen molar-refractivity contribution in [2.24, 2.45) is 0 Å². The minimum absolute atomic E-state index is 0.0372. The lowest BCUT2D eigenvalue weighted by atomic mass is 10.2. The fourth-order valence-electron chi connectivity index (χ4n) is 1.32. The molecule has 0 aliphatic rings. The van der Waals surface area contributed by atoms with Crippen LogP contribution < -0.4 is 4.74 Å². The molecule has 1 N–H and O–H groups in total. The molecule has 0 saturated heterocycles. The van der Waals surface area contributed by atoms with E-state index in [2.05, 4.69) is 36.8 Å². The van der Waals surface area contributed by atoms with Crippen molar-refractivity contribution in [1.82, 2.24) is 4.98 Å². The van der Waals surface area contributed by atoms with E-state index in [0.29, 0.717) is 10.2 Å². The molecular formula is C12H6Br2ClNO3. The molecule has 0 aliphatic heterocycles. The number of hydrogen-bond donors (Lipinski definition) is 1. The maximum absolute atomic E-state index is 11.0. The Kier molecular flexibility index (Phi) is 4.44. The van der Waals surface area contributed by atoms with Crippen LogP contribution in [0, 0.1) is 0 Å². The van der Waals surface area contributed by atoms with Crippen LogP contribution in [0.5, 0.6) is 11.6 Å². The van der Waals surface area contributed by atoms with E-state index in [1.807, 2.05) is 0 Å². The molecule has 2 rings (SSSR count). The fourth-order valence-corrected chi connectivity index (χ4v) is 2.68. The number of aromatic carboxylic acids is 1. The largest absolute Gasteiger partial charge is 0.478 e. The molecule has 1 aromatic carbocycles. The molecule has 0 amide bonds. The van der Waals surface area contributed by atoms with Gasteiger partial charge in [0.1, 0.15) is 10.8 Å². The molecule has 1 aromatic heterocycles. The van der Waals surface area contributed by atoms with Gasteiger partial charge in [0.05, 0.1) is 10.0 Å². The summed E-state index contributed by atoms with van der Waals surface area (Å²) in [5.74, 6) is -0.600. The van der Waals surface area contributed by atoms with Crippen LogP contribution in [0.3, 0.4) is 0 Å². The topological polar surface area (TPSA) is 59.4 Å². The van der Waals surface area contributed by atoms with Crippen LogP contribution in [0.15, 0.2) is 39.4 Å². The van der Waals surface area contributed by atoms with Crippen molar-refractivity contribution in [3.8, 4) is 11.6 Å². The highest BCUT2D eigenvalue weighted by molar-refractivity contribution is 9.11. The number of carbonyl (C=O) groups is 1. The van der Waals surface area contributed by atoms with Crippen LogP contribution in [0.1, 0.15) is 10.4 Å². The van der Waals surface area contributed by atoms with Crippen LogP contribution in [0.4, 0.5) is 0 Å². The van der Waals surface area contributed by atoms with Gasteiger partial charge < -0.3 is 9.84 Å². The zero-order valence-corrected chi connectivity index (χ0v) is 13.2. The Hall–Kier alpha value is -1.11. The molecule has 0 radical (unpaired) electrons. The second-order valence-electron chi connectivity index (χ2n) is 3.46. The third-order valence-corrected chi connectivity index (χ3v) is 3.67. The van der Waals surface area contributed by atoms with Crippen LogP contribution in [0.2, 0.25) is 5.02 Å². The molecule has 4 nitrogen and oxygen atoms in total. The number of carboxylic acid groups (broad SMARTS) is 1. The SMILES string of the molecule is O=C(O)c1ccnc(Oc2ccc(Br)cc2Br)c1Cl. The minimum Gasteiger partial charge on any atom is -0.478 e. The number of nitrogens with zero attached hydrogens (tertiary/aromatic N) is 1. The number of halogens is 3. The first-order valence-electron chi connectivity index (χ1n) is 4.99. The van der Waals surface area contributed by atoms with E-state index in [0.717, 1.165) is 4.47 Å². The van der Waals surface area contributed by atoms with Gasteiger partial charge in [-0.2, -0.15) is 0 Å². The number of pyridine rings is 1. The highest BCUT2D eigenvalue weighted by Gasteiger charge is 2.15. The molecule has 0 spiro atoms. The molecule has 0 fully saturated rings. The summed E-state index contributed by atoms with van der Waals surface area (Å²) < 4.78 is 7.09. The van der Waals surface area contributed by atoms with E-state index in [1.165, 1.54) is 12.3 Å². The summed E-state index contributed by atoms with van der Waals surface area (Å²) >= 11 is 12.6. The zero-order valence-electron chi connectivity index (χ0n) is 9.23. The van der Waals surface area contributed by atoms with Crippen LogP contribution in [0.25, 0.3) is 0 Å². The highest BCUT2D eigenvalue weighted by Crippen LogP contribution is 2.35. The summed E-state index contributed by atoms with van der Waals surface area (Å²) in [5, 5.41) is 8.93. The predicted molar refractivity (Wildman–Crippen MR) is 78.1 cm³/mol. The molecule has 0 unspecified atom stereocenters. The fraction of sp³-hybridized carbons (Fsp3) is 0. The molecule has 0 saturated carbocycles. The molecule has 2 aromatic rings. The van der Waals surface area contributed by atoms with Gasteiger partial charge in [-0.3, -0.25) is 0 Å². The van der Waals surface area contributed by atoms with Crippen LogP contribution >= 0.6 is 43.5 Å². The Labute approximate surface area is 130 Å². The predicted octanol–water partition coefficient (Wildman–Crippen LogP) is 4.75. The summed E-state index contributed by atoms with van der Waals surface area (Å²) in [6.07, 6.45) is 1.33. The van der Waals surface area contributed by atoms with Gasteiger partial charge in [0, 0.05) is 10.7 Å². The normalized spacial score (nSPS) is 10.3. The lowest BCUT2D eigenvalue weighted by Crippen LogP contribution is -2.00. The highest BCUT2D eigenvalue weighted by atomic mass is 79.9. The van der Waals surface area contributed by atoms with Crippen molar-refractivity contribution >= 4 is 49.4 Å². The molecule has 1 heterocycles. The van der Waals surface area contributed by atoms with Gasteiger partial charge in [0.2, 0.25) is 5.88 Å². The van der Waals surface area contributed by atoms with E-state index in [4.69, 9.17) is 21.4 Å². The zero-order chi connectivity index (χ0) is 14.0. The smallest absolute Gasteiger partial charge is 0.337 e. The lowest BCUT2D eigenvalue weighted by molar-refractivity contribution is 0.0696. The lowest BCUT2D eigenvalue weighted by Gasteiger charge is -2.09. The minimum atomic E-state index is -1.13. The van der Waals surface area contributed by atoms with Crippen molar-refractivity contribution in [2.75, 3.05) is 0 Å². The molecule has 7 heteroatoms. The Bertz CT molecular complexity index is 649. The van der Waals surface area contributed by atoms with E-state index < -0.39 is 5.97 Å². The molecule has 0 bridgehead atoms. The number of hydrogen-bond acceptors (Lipinski definition) is 3. The van der Waals surface area contributed by atoms with E-state index in [1.54, 1.807) is 18.2 Å². The van der Waals surface area contributed by atoms with E-state index in [9.17, 15) is 4.79 Å². The average molecular weight is 407 g/mol. The third kappa shape index (κ3) is 3.26. The quantitative estimate of drug-likeness (QED) is 0.798. The van der Waals surface area contributed by atoms with Crippen molar-refractivity contribution in [1.29, 1.82) is 0 Å². The summed E-state index contributed by atoms with van der Waals surface area (Å²) in [4.78, 5) is 14.9. The monoisotopic (exact) mass is 405 g/mol. The van der Waals surface area contributed by atoms with Gasteiger partial charge in [-0.05, 0) is 40.2 Å². The Morgan fingerprint density at radius 1 is 1.32 bits per heavy atom. The summed E-state index contributed by atoms with van der Waals surface area (Å²) in [7, 11) is 0. The summed E-state index contributed by atoms with van der Waals surface area (Å²) in [6, 6.07) is 6.60. The average Bonchev–Trinajstić information content (AvgIpc) is 2.34. The van der Waals surface area contributed by atoms with Crippen molar-refractivity contribution in [2.45, 2.75) is 0 Å². The van der Waals surface area contributed by atoms with Gasteiger partial charge >= 0.3 is 5.97 Å². The molecule has 19 heavy (non-hydrogen) atoms. The van der Waals surface area contributed by atoms with E-state index in [-0.39, 0.29) is 16.5 Å². The number of rotatable bonds is 3. The number of carboxylic acids is 1. The van der Waals surface area contributed by atoms with Crippen molar-refractivity contribution in [3.63, 3.8) is 0 Å². The first kappa shape index (κ1) is 14.3. The van der Waals surface area contributed by atoms with Crippen molar-refractivity contribution < 1.29 is 14.6 Å². The van der Waals surface area contributed by atoms with Crippen LogP contribution in [-0.2, 0) is 0 Å². The molecule has 0 atom stereocenters. The Morgan fingerprint density at radius 3 is 2.68 bits per heavy atom. The second kappa shape index (κ2) is 5.90. The van der Waals surface area contributed by atoms with Gasteiger partial charge in [0.25, 0.3) is 0 Å². The maximum Gasteiger partial charge on any atom is 0.337 e. The number of benzene rings is 1. The van der Waals surface area contributed by atoms with Crippen molar-refractivity contribution in [3.05, 3.63) is 50.0 Å². The van der Waals surface area contributed by atoms with Gasteiger partial charge in [-0.1, -0.05) is 27.5 Å². The summed E-state index contributed by atoms with van der Waals surface area (Å²) in [5.41, 5.74) is -0.0556. The standard InChI is InChI=1S/C12H6Br2ClNO3/c13-6-1-2-9(8(14)5-6)19-11-10(15)7(12(17)18)3-4-16-11/h1-5H,(H,17,18). The third-order valence-electron chi connectivity index (χ3n) is 2.19. The maximum atomic E-state index is 11.0. The van der Waals surface area contributed by atoms with E-state index >= 15 is 0 Å². The first-order valence-corrected chi connectivity index (χ1v) is 6.96.